The number of nitrogens with zero attached hydrogens (tertiary/aromatic N) is 12. The van der Waals surface area contributed by atoms with Crippen LogP contribution in [0.25, 0.3) is 0 Å². The number of halogens is 6. The van der Waals surface area contributed by atoms with Gasteiger partial charge in [0.25, 0.3) is 17.7 Å². The minimum Gasteiger partial charge on any atom is -0.411 e. The molecule has 111 heavy (non-hydrogen) atoms. The molecule has 6 aliphatic heterocycles. The fraction of sp³-hybridized carbons (Fsp3) is 0.581. The van der Waals surface area contributed by atoms with E-state index in [0.29, 0.717) is 119 Å². The second-order valence-electron chi connectivity index (χ2n) is 33.4. The topological polar surface area (TPSA) is 194 Å². The van der Waals surface area contributed by atoms with E-state index in [2.05, 4.69) is 132 Å². The monoisotopic (exact) mass is 1540 g/mol. The molecule has 6 aliphatic rings. The lowest BCUT2D eigenvalue weighted by atomic mass is 9.72. The Hall–Kier alpha value is -8.26. The first-order valence-corrected chi connectivity index (χ1v) is 39.9. The van der Waals surface area contributed by atoms with Crippen molar-refractivity contribution in [1.29, 1.82) is 0 Å². The molecule has 6 saturated heterocycles. The smallest absolute Gasteiger partial charge is 0.411 e. The zero-order valence-electron chi connectivity index (χ0n) is 67.1. The number of hydrogen-bond acceptors (Lipinski definition) is 13. The zero-order valence-corrected chi connectivity index (χ0v) is 67.1. The lowest BCUT2D eigenvalue weighted by molar-refractivity contribution is -0.138. The van der Waals surface area contributed by atoms with Crippen molar-refractivity contribution in [2.24, 2.45) is 29.6 Å². The molecule has 13 rings (SSSR count). The number of carbonyl (C=O) groups excluding carboxylic acids is 3. The van der Waals surface area contributed by atoms with Crippen LogP contribution in [0.5, 0.6) is 0 Å². The number of aryl methyl sites for hydroxylation is 3. The van der Waals surface area contributed by atoms with Crippen molar-refractivity contribution in [1.82, 2.24) is 59.2 Å². The zero-order chi connectivity index (χ0) is 80.2. The summed E-state index contributed by atoms with van der Waals surface area (Å²) in [4.78, 5) is 55.3. The van der Waals surface area contributed by atoms with Crippen LogP contribution in [0.15, 0.2) is 109 Å². The third kappa shape index (κ3) is 18.4. The highest BCUT2D eigenvalue weighted by molar-refractivity contribution is 5.97. The lowest BCUT2D eigenvalue weighted by Crippen LogP contribution is -2.58. The molecule has 6 fully saturated rings. The predicted octanol–water partition coefficient (Wildman–Crippen LogP) is 16.3. The molecular formula is C86H116F6N12O7. The predicted molar refractivity (Wildman–Crippen MR) is 415 cm³/mol. The molecule has 3 N–H and O–H groups in total. The largest absolute Gasteiger partial charge is 0.416 e. The van der Waals surface area contributed by atoms with Crippen molar-refractivity contribution >= 4 is 17.7 Å². The normalized spacial score (nSPS) is 22.1. The number of rotatable bonds is 16. The van der Waals surface area contributed by atoms with Crippen molar-refractivity contribution in [3.8, 4) is 0 Å². The number of methoxy groups -OCH3 is 1. The van der Waals surface area contributed by atoms with Gasteiger partial charge >= 0.3 is 12.4 Å². The third-order valence-corrected chi connectivity index (χ3v) is 26.5. The number of aromatic nitrogens is 6. The molecule has 3 amide bonds. The van der Waals surface area contributed by atoms with Gasteiger partial charge < -0.3 is 35.1 Å². The van der Waals surface area contributed by atoms with Gasteiger partial charge in [0.2, 0.25) is 0 Å². The Morgan fingerprint density at radius 2 is 0.757 bits per heavy atom. The van der Waals surface area contributed by atoms with E-state index in [1.54, 1.807) is 72.9 Å². The first-order chi connectivity index (χ1) is 52.6. The van der Waals surface area contributed by atoms with E-state index < -0.39 is 23.5 Å². The van der Waals surface area contributed by atoms with Crippen LogP contribution in [0.2, 0.25) is 0 Å². The SMILES string of the molecule is CC[C@@H](c1ccc(C(F)(F)F)cc1)C1CCN(C2(C)CCN(C(=O)c3c(C)nn(O)c3C)CC2)C[C@@H]1C.COC[C@@H](c1ccc(C(F)(F)F)cc1)C1CCN(C2(C)CCN(C(=O)c3c(C)nn(O)c3C)CC2)C[C@@H]1C.Cc1nn(O)c(C)c1C(=O)N1CCC(C)(N2CCC(C(c3ccccc3)c3ccccc3)CC2)CC1. The van der Waals surface area contributed by atoms with Gasteiger partial charge in [-0.2, -0.15) is 26.3 Å². The first kappa shape index (κ1) is 83.7. The molecule has 25 heteroatoms. The Balaban J connectivity index is 0.000000165. The third-order valence-electron chi connectivity index (χ3n) is 26.5. The summed E-state index contributed by atoms with van der Waals surface area (Å²) in [6, 6.07) is 33.2. The lowest BCUT2D eigenvalue weighted by Gasteiger charge is -2.51. The summed E-state index contributed by atoms with van der Waals surface area (Å²) in [6.07, 6.45) is 1.92. The van der Waals surface area contributed by atoms with Crippen LogP contribution in [0.1, 0.15) is 229 Å². The minimum atomic E-state index is -4.35. The number of hydrogen-bond donors (Lipinski definition) is 3. The summed E-state index contributed by atoms with van der Waals surface area (Å²) in [6.45, 7) is 34.3. The quantitative estimate of drug-likeness (QED) is 0.0612. The Kier molecular flexibility index (Phi) is 26.1. The average Bonchev–Trinajstić information content (AvgIpc) is 1.14. The van der Waals surface area contributed by atoms with Gasteiger partial charge in [0.15, 0.2) is 0 Å². The van der Waals surface area contributed by atoms with Gasteiger partial charge in [-0.05, 0) is 241 Å². The van der Waals surface area contributed by atoms with E-state index in [1.807, 2.05) is 14.7 Å². The molecule has 3 aromatic heterocycles. The average molecular weight is 1540 g/mol. The molecule has 7 aromatic rings. The maximum Gasteiger partial charge on any atom is 0.416 e. The number of ether oxygens (including phenoxy) is 1. The first-order valence-electron chi connectivity index (χ1n) is 39.9. The van der Waals surface area contributed by atoms with E-state index in [9.17, 15) is 56.3 Å². The Morgan fingerprint density at radius 1 is 0.450 bits per heavy atom. The number of likely N-dealkylation sites (tertiary alicyclic amines) is 6. The van der Waals surface area contributed by atoms with Gasteiger partial charge in [-0.25, -0.2) is 0 Å². The molecule has 19 nitrogen and oxygen atoms in total. The van der Waals surface area contributed by atoms with Gasteiger partial charge in [0.1, 0.15) is 0 Å². The van der Waals surface area contributed by atoms with Gasteiger partial charge in [-0.1, -0.05) is 106 Å². The van der Waals surface area contributed by atoms with Crippen LogP contribution >= 0.6 is 0 Å². The van der Waals surface area contributed by atoms with E-state index in [4.69, 9.17) is 4.74 Å². The summed E-state index contributed by atoms with van der Waals surface area (Å²) in [7, 11) is 1.64. The highest BCUT2D eigenvalue weighted by Gasteiger charge is 2.47. The minimum absolute atomic E-state index is 0.00265. The van der Waals surface area contributed by atoms with E-state index in [1.165, 1.54) is 48.2 Å². The number of alkyl halides is 6. The molecule has 9 heterocycles. The van der Waals surface area contributed by atoms with Crippen LogP contribution in [0, 0.1) is 71.1 Å². The van der Waals surface area contributed by atoms with E-state index >= 15 is 0 Å². The molecule has 0 spiro atoms. The molecule has 0 saturated carbocycles. The van der Waals surface area contributed by atoms with Crippen LogP contribution in [0.4, 0.5) is 26.3 Å². The summed E-state index contributed by atoms with van der Waals surface area (Å²) in [5, 5.41) is 41.5. The Labute approximate surface area is 650 Å². The Morgan fingerprint density at radius 3 is 1.05 bits per heavy atom. The van der Waals surface area contributed by atoms with Crippen molar-refractivity contribution in [3.63, 3.8) is 0 Å². The fourth-order valence-corrected chi connectivity index (χ4v) is 19.4. The van der Waals surface area contributed by atoms with Crippen molar-refractivity contribution < 1.29 is 61.1 Å². The standard InChI is InChI=1S/C30H38N4O2.C28H39F3N4O3.C28H39F3N4O2/c1-22-27(23(2)34(36)31-22)29(35)32-20-16-30(3,17-21-32)33-18-14-26(15-19-33)28(24-10-6-4-7-11-24)25-12-8-5-9-13-25;1-18-16-34(13-10-23(18)24(17-38-5)21-6-8-22(9-7-21)28(29,30)31)27(4)11-14-33(15-12-27)26(36)25-19(2)32-35(37)20(25)3;1-6-23(21-7-9-22(10-8-21)28(29,30)31)24-11-14-34(17-18(24)2)27(5)12-15-33(16-13-27)26(36)25-19(3)32-35(37)20(25)4/h4-13,26,28,36H,14-21H2,1-3H3;6-9,18,23-24,37H,10-17H2,1-5H3;7-10,18,23-24,37H,6,11-17H2,1-5H3/t;18-,23?,24-;18-,23-,24?/m.00/s1. The van der Waals surface area contributed by atoms with Gasteiger partial charge in [-0.3, -0.25) is 29.1 Å². The molecule has 0 aliphatic carbocycles. The molecule has 2 unspecified atom stereocenters. The van der Waals surface area contributed by atoms with Gasteiger partial charge in [-0.15, -0.1) is 29.8 Å². The van der Waals surface area contributed by atoms with Gasteiger partial charge in [0.05, 0.1) is 68.6 Å². The maximum atomic E-state index is 13.2. The molecule has 0 bridgehead atoms. The summed E-state index contributed by atoms with van der Waals surface area (Å²) in [5.74, 6) is 2.62. The van der Waals surface area contributed by atoms with Crippen LogP contribution in [-0.4, -0.2) is 201 Å². The molecule has 6 atom stereocenters. The molecular weight excluding hydrogens is 1430 g/mol. The Bertz CT molecular complexity index is 4230. The summed E-state index contributed by atoms with van der Waals surface area (Å²) >= 11 is 0. The van der Waals surface area contributed by atoms with Crippen LogP contribution < -0.4 is 0 Å². The van der Waals surface area contributed by atoms with Crippen LogP contribution in [0.3, 0.4) is 0 Å². The number of benzene rings is 4. The van der Waals surface area contributed by atoms with Crippen molar-refractivity contribution in [2.45, 2.75) is 200 Å². The van der Waals surface area contributed by atoms with Crippen molar-refractivity contribution in [3.05, 3.63) is 193 Å². The van der Waals surface area contributed by atoms with E-state index in [-0.39, 0.29) is 46.2 Å². The number of carbonyl (C=O) groups is 3. The fourth-order valence-electron chi connectivity index (χ4n) is 19.4. The summed E-state index contributed by atoms with van der Waals surface area (Å²) < 4.78 is 83.8. The van der Waals surface area contributed by atoms with Crippen molar-refractivity contribution in [2.75, 3.05) is 92.3 Å². The van der Waals surface area contributed by atoms with Gasteiger partial charge in [0, 0.05) is 87.9 Å². The summed E-state index contributed by atoms with van der Waals surface area (Å²) in [5.41, 5.74) is 8.13. The number of amides is 3. The highest BCUT2D eigenvalue weighted by atomic mass is 19.4. The van der Waals surface area contributed by atoms with E-state index in [0.717, 1.165) is 136 Å². The second-order valence-corrected chi connectivity index (χ2v) is 33.4. The molecule has 0 radical (unpaired) electrons. The number of piperidine rings is 6. The maximum absolute atomic E-state index is 13.2. The molecule has 604 valence electrons. The second kappa shape index (κ2) is 34.6. The van der Waals surface area contributed by atoms with Crippen LogP contribution in [-0.2, 0) is 17.1 Å². The molecule has 4 aromatic carbocycles. The highest BCUT2D eigenvalue weighted by Crippen LogP contribution is 2.46.